The highest BCUT2D eigenvalue weighted by Crippen LogP contribution is 2.39. The Morgan fingerprint density at radius 3 is 2.61 bits per heavy atom. The fraction of sp³-hybridized carbons (Fsp3) is 0.389. The molecule has 0 bridgehead atoms. The maximum atomic E-state index is 13.0. The van der Waals surface area contributed by atoms with Crippen molar-refractivity contribution < 1.29 is 18.0 Å². The summed E-state index contributed by atoms with van der Waals surface area (Å²) in [6.45, 7) is 1.75. The third-order valence-electron chi connectivity index (χ3n) is 4.88. The summed E-state index contributed by atoms with van der Waals surface area (Å²) in [7, 11) is -3.62. The minimum Gasteiger partial charge on any atom is -0.387 e. The molecule has 148 valence electrons. The number of rotatable bonds is 5. The van der Waals surface area contributed by atoms with E-state index >= 15 is 0 Å². The zero-order chi connectivity index (χ0) is 20.2. The largest absolute Gasteiger partial charge is 0.387 e. The molecule has 2 aromatic rings. The van der Waals surface area contributed by atoms with Gasteiger partial charge in [-0.25, -0.2) is 13.1 Å². The standard InChI is InChI=1S/C18H18ClN3O5S/c1-9-7-13(27-21-9)15-14(28(2,25)26)6-5-11(16(15)19)17(23)12-8-20-22(18(12)24)10-3-4-10/h5-6,8,10,13,20H,3-4,7H2,1-2H3. The van der Waals surface area contributed by atoms with E-state index in [0.717, 1.165) is 19.1 Å². The molecule has 1 aliphatic heterocycles. The molecule has 1 aromatic carbocycles. The first kappa shape index (κ1) is 18.9. The molecule has 1 atom stereocenters. The first-order valence-corrected chi connectivity index (χ1v) is 11.0. The molecule has 1 saturated carbocycles. The summed E-state index contributed by atoms with van der Waals surface area (Å²) < 4.78 is 25.9. The molecule has 1 unspecified atom stereocenters. The number of hydrogen-bond acceptors (Lipinski definition) is 6. The van der Waals surface area contributed by atoms with E-state index in [1.165, 1.54) is 23.0 Å². The van der Waals surface area contributed by atoms with Crippen molar-refractivity contribution in [3.05, 3.63) is 50.4 Å². The van der Waals surface area contributed by atoms with Gasteiger partial charge in [0.15, 0.2) is 15.9 Å². The number of halogens is 1. The second kappa shape index (κ2) is 6.59. The molecule has 2 aliphatic rings. The van der Waals surface area contributed by atoms with Gasteiger partial charge in [0.1, 0.15) is 5.56 Å². The third kappa shape index (κ3) is 3.18. The Hall–Kier alpha value is -2.39. The molecule has 10 heteroatoms. The van der Waals surface area contributed by atoms with Crippen LogP contribution in [0.1, 0.15) is 59.8 Å². The van der Waals surface area contributed by atoms with Gasteiger partial charge in [-0.1, -0.05) is 16.8 Å². The van der Waals surface area contributed by atoms with Gasteiger partial charge in [-0.05, 0) is 31.9 Å². The van der Waals surface area contributed by atoms with Crippen LogP contribution in [0.3, 0.4) is 0 Å². The van der Waals surface area contributed by atoms with Gasteiger partial charge in [-0.2, -0.15) is 0 Å². The van der Waals surface area contributed by atoms with Gasteiger partial charge >= 0.3 is 0 Å². The number of benzene rings is 1. The van der Waals surface area contributed by atoms with E-state index in [0.29, 0.717) is 12.1 Å². The molecule has 1 N–H and O–H groups in total. The van der Waals surface area contributed by atoms with Crippen LogP contribution in [0.15, 0.2) is 33.2 Å². The molecular formula is C18H18ClN3O5S. The Labute approximate surface area is 166 Å². The average Bonchev–Trinajstić information content (AvgIpc) is 3.26. The third-order valence-corrected chi connectivity index (χ3v) is 6.44. The Bertz CT molecular complexity index is 1170. The van der Waals surface area contributed by atoms with Gasteiger partial charge in [-0.3, -0.25) is 9.59 Å². The van der Waals surface area contributed by atoms with Crippen LogP contribution in [-0.2, 0) is 14.7 Å². The number of sulfone groups is 1. The summed E-state index contributed by atoms with van der Waals surface area (Å²) in [4.78, 5) is 30.8. The molecule has 1 fully saturated rings. The molecule has 28 heavy (non-hydrogen) atoms. The lowest BCUT2D eigenvalue weighted by Crippen LogP contribution is -2.21. The van der Waals surface area contributed by atoms with Crippen LogP contribution in [0.5, 0.6) is 0 Å². The number of aromatic nitrogens is 2. The second-order valence-corrected chi connectivity index (χ2v) is 9.52. The van der Waals surface area contributed by atoms with Crippen LogP contribution >= 0.6 is 11.6 Å². The van der Waals surface area contributed by atoms with Crippen molar-refractivity contribution in [3.63, 3.8) is 0 Å². The van der Waals surface area contributed by atoms with E-state index in [9.17, 15) is 18.0 Å². The van der Waals surface area contributed by atoms with Crippen LogP contribution in [-0.4, -0.2) is 35.9 Å². The van der Waals surface area contributed by atoms with Crippen LogP contribution in [0.25, 0.3) is 0 Å². The van der Waals surface area contributed by atoms with Gasteiger partial charge in [0.25, 0.3) is 5.56 Å². The number of H-pyrrole nitrogens is 1. The monoisotopic (exact) mass is 423 g/mol. The summed E-state index contributed by atoms with van der Waals surface area (Å²) in [5.74, 6) is -0.567. The van der Waals surface area contributed by atoms with Crippen molar-refractivity contribution in [1.29, 1.82) is 0 Å². The van der Waals surface area contributed by atoms with Crippen molar-refractivity contribution in [2.24, 2.45) is 5.16 Å². The number of carbonyl (C=O) groups excluding carboxylic acids is 1. The molecule has 1 aromatic heterocycles. The van der Waals surface area contributed by atoms with E-state index in [1.807, 2.05) is 0 Å². The maximum absolute atomic E-state index is 13.0. The molecule has 0 spiro atoms. The number of oxime groups is 1. The van der Waals surface area contributed by atoms with E-state index in [-0.39, 0.29) is 32.7 Å². The van der Waals surface area contributed by atoms with Crippen molar-refractivity contribution in [2.45, 2.75) is 43.2 Å². The predicted molar refractivity (Wildman–Crippen MR) is 103 cm³/mol. The Morgan fingerprint density at radius 1 is 1.32 bits per heavy atom. The molecule has 0 amide bonds. The number of nitrogens with one attached hydrogen (secondary N) is 1. The smallest absolute Gasteiger partial charge is 0.277 e. The SMILES string of the molecule is CC1=NOC(c2c(S(C)(=O)=O)ccc(C(=O)c3c[nH]n(C4CC4)c3=O)c2Cl)C1. The summed E-state index contributed by atoms with van der Waals surface area (Å²) in [5.41, 5.74) is 0.486. The van der Waals surface area contributed by atoms with Gasteiger partial charge in [0.2, 0.25) is 5.78 Å². The van der Waals surface area contributed by atoms with Crippen LogP contribution in [0.4, 0.5) is 0 Å². The van der Waals surface area contributed by atoms with Gasteiger partial charge < -0.3 is 9.94 Å². The summed E-state index contributed by atoms with van der Waals surface area (Å²) in [6.07, 6.45) is 3.86. The predicted octanol–water partition coefficient (Wildman–Crippen LogP) is 2.64. The second-order valence-electron chi connectivity index (χ2n) is 7.16. The van der Waals surface area contributed by atoms with Crippen LogP contribution in [0.2, 0.25) is 5.02 Å². The molecule has 8 nitrogen and oxygen atoms in total. The highest BCUT2D eigenvalue weighted by molar-refractivity contribution is 7.90. The highest BCUT2D eigenvalue weighted by atomic mass is 35.5. The van der Waals surface area contributed by atoms with Crippen molar-refractivity contribution in [2.75, 3.05) is 6.26 Å². The minimum atomic E-state index is -3.62. The Balaban J connectivity index is 1.82. The van der Waals surface area contributed by atoms with E-state index in [4.69, 9.17) is 16.4 Å². The van der Waals surface area contributed by atoms with Gasteiger partial charge in [0, 0.05) is 30.0 Å². The van der Waals surface area contributed by atoms with Crippen molar-refractivity contribution >= 4 is 32.9 Å². The zero-order valence-electron chi connectivity index (χ0n) is 15.2. The minimum absolute atomic E-state index is 0.0200. The average molecular weight is 424 g/mol. The lowest BCUT2D eigenvalue weighted by Gasteiger charge is -2.17. The zero-order valence-corrected chi connectivity index (χ0v) is 16.8. The van der Waals surface area contributed by atoms with E-state index in [1.54, 1.807) is 6.92 Å². The van der Waals surface area contributed by atoms with E-state index in [2.05, 4.69) is 10.3 Å². The number of carbonyl (C=O) groups is 1. The van der Waals surface area contributed by atoms with Crippen molar-refractivity contribution in [1.82, 2.24) is 9.78 Å². The first-order chi connectivity index (χ1) is 13.2. The summed E-state index contributed by atoms with van der Waals surface area (Å²) >= 11 is 6.49. The molecule has 4 rings (SSSR count). The van der Waals surface area contributed by atoms with Crippen LogP contribution < -0.4 is 5.56 Å². The first-order valence-electron chi connectivity index (χ1n) is 8.75. The lowest BCUT2D eigenvalue weighted by molar-refractivity contribution is 0.0836. The summed E-state index contributed by atoms with van der Waals surface area (Å²) in [5, 5.41) is 6.63. The molecular weight excluding hydrogens is 406 g/mol. The number of hydrogen-bond donors (Lipinski definition) is 1. The topological polar surface area (TPSA) is 111 Å². The fourth-order valence-corrected chi connectivity index (χ4v) is 4.70. The van der Waals surface area contributed by atoms with Crippen LogP contribution in [0, 0.1) is 0 Å². The lowest BCUT2D eigenvalue weighted by atomic mass is 9.98. The fourth-order valence-electron chi connectivity index (χ4n) is 3.32. The molecule has 2 heterocycles. The number of nitrogens with zero attached hydrogens (tertiary/aromatic N) is 2. The Kier molecular flexibility index (Phi) is 4.46. The molecule has 0 saturated heterocycles. The maximum Gasteiger partial charge on any atom is 0.277 e. The molecule has 0 radical (unpaired) electrons. The Morgan fingerprint density at radius 2 is 2.04 bits per heavy atom. The highest BCUT2D eigenvalue weighted by Gasteiger charge is 2.33. The molecule has 1 aliphatic carbocycles. The van der Waals surface area contributed by atoms with Gasteiger partial charge in [-0.15, -0.1) is 0 Å². The number of aromatic amines is 1. The normalized spacial score (nSPS) is 19.4. The van der Waals surface area contributed by atoms with Gasteiger partial charge in [0.05, 0.1) is 21.7 Å². The number of ketones is 1. The van der Waals surface area contributed by atoms with E-state index < -0.39 is 27.3 Å². The summed E-state index contributed by atoms with van der Waals surface area (Å²) in [6, 6.07) is 2.76. The van der Waals surface area contributed by atoms with Crippen molar-refractivity contribution in [3.8, 4) is 0 Å². The quantitative estimate of drug-likeness (QED) is 0.743.